The lowest BCUT2D eigenvalue weighted by atomic mass is 10.1. The summed E-state index contributed by atoms with van der Waals surface area (Å²) in [4.78, 5) is 16.8. The SMILES string of the molecule is CCCN(CCC)C(=O)COCC1CN(Cc2ccccc2)CC(COCc2ccccc2)O1. The molecule has 6 heteroatoms. The molecule has 2 aromatic carbocycles. The molecule has 1 aliphatic heterocycles. The average molecular weight is 469 g/mol. The van der Waals surface area contributed by atoms with Crippen LogP contribution in [0.25, 0.3) is 0 Å². The zero-order valence-electron chi connectivity index (χ0n) is 20.7. The van der Waals surface area contributed by atoms with Crippen molar-refractivity contribution in [3.8, 4) is 0 Å². The first-order chi connectivity index (χ1) is 16.7. The molecule has 0 spiro atoms. The van der Waals surface area contributed by atoms with E-state index in [0.717, 1.165) is 51.1 Å². The van der Waals surface area contributed by atoms with Crippen LogP contribution in [0, 0.1) is 0 Å². The third kappa shape index (κ3) is 9.18. The molecule has 0 radical (unpaired) electrons. The number of morpholine rings is 1. The summed E-state index contributed by atoms with van der Waals surface area (Å²) in [6.07, 6.45) is 1.77. The Morgan fingerprint density at radius 3 is 2.03 bits per heavy atom. The fraction of sp³-hybridized carbons (Fsp3) is 0.536. The van der Waals surface area contributed by atoms with Crippen molar-refractivity contribution in [1.29, 1.82) is 0 Å². The molecule has 186 valence electrons. The molecule has 2 aromatic rings. The van der Waals surface area contributed by atoms with Gasteiger partial charge in [0.1, 0.15) is 6.61 Å². The smallest absolute Gasteiger partial charge is 0.248 e. The highest BCUT2D eigenvalue weighted by atomic mass is 16.6. The fourth-order valence-corrected chi connectivity index (χ4v) is 4.32. The average Bonchev–Trinajstić information content (AvgIpc) is 2.85. The summed E-state index contributed by atoms with van der Waals surface area (Å²) < 4.78 is 18.1. The molecular formula is C28H40N2O4. The second-order valence-electron chi connectivity index (χ2n) is 8.96. The maximum absolute atomic E-state index is 12.5. The number of benzene rings is 2. The molecule has 0 N–H and O–H groups in total. The Bertz CT molecular complexity index is 812. The van der Waals surface area contributed by atoms with Gasteiger partial charge in [-0.1, -0.05) is 74.5 Å². The molecule has 6 nitrogen and oxygen atoms in total. The van der Waals surface area contributed by atoms with Crippen LogP contribution in [-0.2, 0) is 32.2 Å². The zero-order chi connectivity index (χ0) is 24.0. The molecule has 1 amide bonds. The maximum atomic E-state index is 12.5. The highest BCUT2D eigenvalue weighted by Gasteiger charge is 2.28. The van der Waals surface area contributed by atoms with Gasteiger partial charge in [-0.3, -0.25) is 9.69 Å². The summed E-state index contributed by atoms with van der Waals surface area (Å²) >= 11 is 0. The van der Waals surface area contributed by atoms with E-state index in [2.05, 4.69) is 55.1 Å². The third-order valence-corrected chi connectivity index (χ3v) is 5.84. The summed E-state index contributed by atoms with van der Waals surface area (Å²) in [5.41, 5.74) is 2.43. The normalized spacial score (nSPS) is 18.6. The van der Waals surface area contributed by atoms with Gasteiger partial charge in [0.05, 0.1) is 32.0 Å². The van der Waals surface area contributed by atoms with Crippen molar-refractivity contribution in [2.75, 3.05) is 46.0 Å². The Morgan fingerprint density at radius 2 is 1.44 bits per heavy atom. The van der Waals surface area contributed by atoms with Gasteiger partial charge in [-0.25, -0.2) is 0 Å². The number of hydrogen-bond donors (Lipinski definition) is 0. The highest BCUT2D eigenvalue weighted by Crippen LogP contribution is 2.16. The molecule has 0 aromatic heterocycles. The minimum absolute atomic E-state index is 0.0397. The third-order valence-electron chi connectivity index (χ3n) is 5.84. The van der Waals surface area contributed by atoms with Crippen LogP contribution in [0.5, 0.6) is 0 Å². The first-order valence-electron chi connectivity index (χ1n) is 12.6. The number of rotatable bonds is 14. The molecule has 34 heavy (non-hydrogen) atoms. The maximum Gasteiger partial charge on any atom is 0.248 e. The lowest BCUT2D eigenvalue weighted by Crippen LogP contribution is -2.50. The van der Waals surface area contributed by atoms with E-state index in [4.69, 9.17) is 14.2 Å². The lowest BCUT2D eigenvalue weighted by Gasteiger charge is -2.38. The van der Waals surface area contributed by atoms with E-state index >= 15 is 0 Å². The van der Waals surface area contributed by atoms with E-state index in [1.807, 2.05) is 29.2 Å². The highest BCUT2D eigenvalue weighted by molar-refractivity contribution is 5.77. The lowest BCUT2D eigenvalue weighted by molar-refractivity contribution is -0.149. The molecule has 0 bridgehead atoms. The summed E-state index contributed by atoms with van der Waals surface area (Å²) in [7, 11) is 0. The molecule has 2 unspecified atom stereocenters. The van der Waals surface area contributed by atoms with Crippen molar-refractivity contribution < 1.29 is 19.0 Å². The Labute approximate surface area is 204 Å². The summed E-state index contributed by atoms with van der Waals surface area (Å²) in [5, 5.41) is 0. The molecular weight excluding hydrogens is 428 g/mol. The first-order valence-corrected chi connectivity index (χ1v) is 12.6. The van der Waals surface area contributed by atoms with Crippen molar-refractivity contribution in [2.45, 2.75) is 52.0 Å². The topological polar surface area (TPSA) is 51.2 Å². The van der Waals surface area contributed by atoms with Gasteiger partial charge < -0.3 is 19.1 Å². The molecule has 1 saturated heterocycles. The Hall–Kier alpha value is -2.25. The van der Waals surface area contributed by atoms with Crippen molar-refractivity contribution in [2.24, 2.45) is 0 Å². The largest absolute Gasteiger partial charge is 0.374 e. The number of carbonyl (C=O) groups is 1. The fourth-order valence-electron chi connectivity index (χ4n) is 4.32. The molecule has 1 aliphatic rings. The van der Waals surface area contributed by atoms with Gasteiger partial charge in [0.2, 0.25) is 5.91 Å². The molecule has 1 fully saturated rings. The molecule has 0 saturated carbocycles. The van der Waals surface area contributed by atoms with Crippen molar-refractivity contribution in [3.63, 3.8) is 0 Å². The van der Waals surface area contributed by atoms with Crippen molar-refractivity contribution in [3.05, 3.63) is 71.8 Å². The van der Waals surface area contributed by atoms with E-state index in [-0.39, 0.29) is 24.7 Å². The minimum atomic E-state index is -0.0959. The number of nitrogens with zero attached hydrogens (tertiary/aromatic N) is 2. The van der Waals surface area contributed by atoms with Crippen LogP contribution in [0.2, 0.25) is 0 Å². The van der Waals surface area contributed by atoms with Crippen LogP contribution >= 0.6 is 0 Å². The van der Waals surface area contributed by atoms with E-state index < -0.39 is 0 Å². The monoisotopic (exact) mass is 468 g/mol. The van der Waals surface area contributed by atoms with Gasteiger partial charge in [0.15, 0.2) is 0 Å². The first kappa shape index (κ1) is 26.4. The zero-order valence-corrected chi connectivity index (χ0v) is 20.7. The molecule has 3 rings (SSSR count). The van der Waals surface area contributed by atoms with Gasteiger partial charge in [0, 0.05) is 32.7 Å². The van der Waals surface area contributed by atoms with Gasteiger partial charge in [-0.05, 0) is 24.0 Å². The number of amides is 1. The number of ether oxygens (including phenoxy) is 3. The molecule has 1 heterocycles. The Balaban J connectivity index is 1.52. The number of carbonyl (C=O) groups excluding carboxylic acids is 1. The molecule has 2 atom stereocenters. The Kier molecular flexibility index (Phi) is 11.5. The number of hydrogen-bond acceptors (Lipinski definition) is 5. The minimum Gasteiger partial charge on any atom is -0.374 e. The van der Waals surface area contributed by atoms with Crippen molar-refractivity contribution in [1.82, 2.24) is 9.80 Å². The van der Waals surface area contributed by atoms with Crippen LogP contribution < -0.4 is 0 Å². The van der Waals surface area contributed by atoms with E-state index in [9.17, 15) is 4.79 Å². The quantitative estimate of drug-likeness (QED) is 0.417. The van der Waals surface area contributed by atoms with E-state index in [0.29, 0.717) is 19.8 Å². The van der Waals surface area contributed by atoms with Crippen LogP contribution in [-0.4, -0.2) is 73.9 Å². The predicted molar refractivity (Wildman–Crippen MR) is 134 cm³/mol. The van der Waals surface area contributed by atoms with Crippen LogP contribution in [0.4, 0.5) is 0 Å². The van der Waals surface area contributed by atoms with Crippen LogP contribution in [0.15, 0.2) is 60.7 Å². The van der Waals surface area contributed by atoms with Crippen LogP contribution in [0.3, 0.4) is 0 Å². The van der Waals surface area contributed by atoms with Crippen LogP contribution in [0.1, 0.15) is 37.8 Å². The van der Waals surface area contributed by atoms with E-state index in [1.54, 1.807) is 0 Å². The predicted octanol–water partition coefficient (Wildman–Crippen LogP) is 4.14. The van der Waals surface area contributed by atoms with Gasteiger partial charge >= 0.3 is 0 Å². The standard InChI is InChI=1S/C28H40N2O4/c1-3-15-30(16-4-2)28(31)23-33-22-27-19-29(17-24-11-7-5-8-12-24)18-26(34-27)21-32-20-25-13-9-6-10-14-25/h5-14,26-27H,3-4,15-23H2,1-2H3. The summed E-state index contributed by atoms with van der Waals surface area (Å²) in [6, 6.07) is 20.7. The second-order valence-corrected chi connectivity index (χ2v) is 8.96. The van der Waals surface area contributed by atoms with Gasteiger partial charge in [0.25, 0.3) is 0 Å². The Morgan fingerprint density at radius 1 is 0.882 bits per heavy atom. The van der Waals surface area contributed by atoms with Crippen molar-refractivity contribution >= 4 is 5.91 Å². The van der Waals surface area contributed by atoms with Gasteiger partial charge in [-0.2, -0.15) is 0 Å². The van der Waals surface area contributed by atoms with Gasteiger partial charge in [-0.15, -0.1) is 0 Å². The summed E-state index contributed by atoms with van der Waals surface area (Å²) in [6.45, 7) is 9.77. The molecule has 0 aliphatic carbocycles. The van der Waals surface area contributed by atoms with E-state index in [1.165, 1.54) is 5.56 Å². The summed E-state index contributed by atoms with van der Waals surface area (Å²) in [5.74, 6) is 0.0587. The second kappa shape index (κ2) is 14.9.